The Morgan fingerprint density at radius 1 is 1.45 bits per heavy atom. The Hall–Kier alpha value is -1.10. The SMILES string of the molecule is CC(C)(C)CC(CN)C(=O)NC1CCCC1(C)C(=O)O. The van der Waals surface area contributed by atoms with Crippen LogP contribution in [0.5, 0.6) is 0 Å². The summed E-state index contributed by atoms with van der Waals surface area (Å²) in [5, 5.41) is 12.3. The van der Waals surface area contributed by atoms with E-state index in [4.69, 9.17) is 5.73 Å². The van der Waals surface area contributed by atoms with Crippen molar-refractivity contribution in [1.29, 1.82) is 0 Å². The van der Waals surface area contributed by atoms with E-state index < -0.39 is 11.4 Å². The van der Waals surface area contributed by atoms with Gasteiger partial charge in [0.2, 0.25) is 5.91 Å². The van der Waals surface area contributed by atoms with Gasteiger partial charge in [-0.1, -0.05) is 27.2 Å². The van der Waals surface area contributed by atoms with E-state index in [1.807, 2.05) is 0 Å². The summed E-state index contributed by atoms with van der Waals surface area (Å²) in [5.41, 5.74) is 4.88. The highest BCUT2D eigenvalue weighted by Crippen LogP contribution is 2.38. The van der Waals surface area contributed by atoms with Gasteiger partial charge in [-0.25, -0.2) is 0 Å². The summed E-state index contributed by atoms with van der Waals surface area (Å²) in [5.74, 6) is -1.20. The molecular formula is C15H28N2O3. The van der Waals surface area contributed by atoms with E-state index in [9.17, 15) is 14.7 Å². The number of hydrogen-bond donors (Lipinski definition) is 3. The van der Waals surface area contributed by atoms with E-state index in [0.717, 1.165) is 12.8 Å². The Morgan fingerprint density at radius 2 is 2.05 bits per heavy atom. The van der Waals surface area contributed by atoms with Gasteiger partial charge < -0.3 is 16.2 Å². The summed E-state index contributed by atoms with van der Waals surface area (Å²) in [6, 6.07) is -0.290. The molecule has 3 unspecified atom stereocenters. The molecule has 3 atom stereocenters. The highest BCUT2D eigenvalue weighted by atomic mass is 16.4. The molecule has 1 saturated carbocycles. The first-order valence-corrected chi connectivity index (χ1v) is 7.34. The van der Waals surface area contributed by atoms with Crippen LogP contribution in [-0.2, 0) is 9.59 Å². The summed E-state index contributed by atoms with van der Waals surface area (Å²) >= 11 is 0. The number of carboxylic acid groups (broad SMARTS) is 1. The molecule has 0 aromatic carbocycles. The first-order valence-electron chi connectivity index (χ1n) is 7.34. The van der Waals surface area contributed by atoms with Crippen LogP contribution in [0.2, 0.25) is 0 Å². The predicted molar refractivity (Wildman–Crippen MR) is 78.1 cm³/mol. The van der Waals surface area contributed by atoms with Gasteiger partial charge in [-0.05, 0) is 31.6 Å². The van der Waals surface area contributed by atoms with E-state index >= 15 is 0 Å². The lowest BCUT2D eigenvalue weighted by Crippen LogP contribution is -2.50. The van der Waals surface area contributed by atoms with Crippen molar-refractivity contribution < 1.29 is 14.7 Å². The maximum atomic E-state index is 12.3. The molecule has 1 aliphatic carbocycles. The van der Waals surface area contributed by atoms with E-state index in [0.29, 0.717) is 19.4 Å². The standard InChI is InChI=1S/C15H28N2O3/c1-14(2,3)8-10(9-16)12(18)17-11-6-5-7-15(11,4)13(19)20/h10-11H,5-9,16H2,1-4H3,(H,17,18)(H,19,20). The fraction of sp³-hybridized carbons (Fsp3) is 0.867. The molecular weight excluding hydrogens is 256 g/mol. The number of nitrogens with one attached hydrogen (secondary N) is 1. The van der Waals surface area contributed by atoms with Crippen LogP contribution in [0.15, 0.2) is 0 Å². The number of amides is 1. The van der Waals surface area contributed by atoms with Crippen molar-refractivity contribution in [3.05, 3.63) is 0 Å². The Kier molecular flexibility index (Phi) is 5.19. The minimum Gasteiger partial charge on any atom is -0.481 e. The van der Waals surface area contributed by atoms with Gasteiger partial charge in [0.25, 0.3) is 0 Å². The molecule has 0 heterocycles. The third-order valence-corrected chi connectivity index (χ3v) is 4.28. The molecule has 116 valence electrons. The van der Waals surface area contributed by atoms with Crippen molar-refractivity contribution in [3.63, 3.8) is 0 Å². The number of aliphatic carboxylic acids is 1. The van der Waals surface area contributed by atoms with Crippen LogP contribution in [-0.4, -0.2) is 29.6 Å². The maximum Gasteiger partial charge on any atom is 0.311 e. The molecule has 1 fully saturated rings. The normalized spacial score (nSPS) is 28.1. The molecule has 1 rings (SSSR count). The average Bonchev–Trinajstić information content (AvgIpc) is 2.68. The van der Waals surface area contributed by atoms with Crippen molar-refractivity contribution in [3.8, 4) is 0 Å². The monoisotopic (exact) mass is 284 g/mol. The third kappa shape index (κ3) is 3.95. The summed E-state index contributed by atoms with van der Waals surface area (Å²) in [4.78, 5) is 23.7. The summed E-state index contributed by atoms with van der Waals surface area (Å²) in [6.07, 6.45) is 2.87. The van der Waals surface area contributed by atoms with Crippen molar-refractivity contribution in [2.75, 3.05) is 6.54 Å². The number of nitrogens with two attached hydrogens (primary N) is 1. The van der Waals surface area contributed by atoms with Gasteiger partial charge in [-0.2, -0.15) is 0 Å². The first kappa shape index (κ1) is 17.0. The highest BCUT2D eigenvalue weighted by Gasteiger charge is 2.46. The van der Waals surface area contributed by atoms with Crippen molar-refractivity contribution in [2.24, 2.45) is 22.5 Å². The van der Waals surface area contributed by atoms with Gasteiger partial charge in [0.1, 0.15) is 0 Å². The molecule has 0 aromatic heterocycles. The van der Waals surface area contributed by atoms with Crippen molar-refractivity contribution in [1.82, 2.24) is 5.32 Å². The lowest BCUT2D eigenvalue weighted by Gasteiger charge is -2.30. The maximum absolute atomic E-state index is 12.3. The summed E-state index contributed by atoms with van der Waals surface area (Å²) in [6.45, 7) is 8.22. The van der Waals surface area contributed by atoms with Crippen molar-refractivity contribution >= 4 is 11.9 Å². The Morgan fingerprint density at radius 3 is 2.50 bits per heavy atom. The van der Waals surface area contributed by atoms with Crippen LogP contribution in [0.4, 0.5) is 0 Å². The van der Waals surface area contributed by atoms with Crippen LogP contribution in [0.25, 0.3) is 0 Å². The first-order chi connectivity index (χ1) is 9.10. The zero-order valence-electron chi connectivity index (χ0n) is 13.0. The van der Waals surface area contributed by atoms with E-state index in [2.05, 4.69) is 26.1 Å². The zero-order chi connectivity index (χ0) is 15.6. The molecule has 20 heavy (non-hydrogen) atoms. The number of carbonyl (C=O) groups excluding carboxylic acids is 1. The molecule has 0 saturated heterocycles. The van der Waals surface area contributed by atoms with E-state index in [-0.39, 0.29) is 23.3 Å². The molecule has 1 aliphatic rings. The largest absolute Gasteiger partial charge is 0.481 e. The van der Waals surface area contributed by atoms with Gasteiger partial charge in [0.05, 0.1) is 11.3 Å². The Balaban J connectivity index is 2.71. The molecule has 0 radical (unpaired) electrons. The molecule has 0 aliphatic heterocycles. The topological polar surface area (TPSA) is 92.4 Å². The summed E-state index contributed by atoms with van der Waals surface area (Å²) < 4.78 is 0. The second kappa shape index (κ2) is 6.12. The van der Waals surface area contributed by atoms with Crippen LogP contribution in [0.3, 0.4) is 0 Å². The molecule has 5 nitrogen and oxygen atoms in total. The van der Waals surface area contributed by atoms with Crippen LogP contribution < -0.4 is 11.1 Å². The molecule has 1 amide bonds. The summed E-state index contributed by atoms with van der Waals surface area (Å²) in [7, 11) is 0. The van der Waals surface area contributed by atoms with E-state index in [1.165, 1.54) is 0 Å². The second-order valence-electron chi connectivity index (χ2n) is 7.37. The number of hydrogen-bond acceptors (Lipinski definition) is 3. The second-order valence-corrected chi connectivity index (χ2v) is 7.37. The molecule has 4 N–H and O–H groups in total. The van der Waals surface area contributed by atoms with Gasteiger partial charge in [0.15, 0.2) is 0 Å². The quantitative estimate of drug-likeness (QED) is 0.717. The van der Waals surface area contributed by atoms with Crippen LogP contribution >= 0.6 is 0 Å². The zero-order valence-corrected chi connectivity index (χ0v) is 13.0. The fourth-order valence-corrected chi connectivity index (χ4v) is 2.97. The number of rotatable bonds is 5. The molecule has 0 spiro atoms. The Labute approximate surface area is 121 Å². The minimum absolute atomic E-state index is 0.0210. The smallest absolute Gasteiger partial charge is 0.311 e. The molecule has 5 heteroatoms. The average molecular weight is 284 g/mol. The van der Waals surface area contributed by atoms with Gasteiger partial charge in [-0.3, -0.25) is 9.59 Å². The van der Waals surface area contributed by atoms with Gasteiger partial charge in [0, 0.05) is 12.6 Å². The lowest BCUT2D eigenvalue weighted by molar-refractivity contribution is -0.149. The third-order valence-electron chi connectivity index (χ3n) is 4.28. The van der Waals surface area contributed by atoms with Gasteiger partial charge >= 0.3 is 5.97 Å². The molecule has 0 bridgehead atoms. The number of carbonyl (C=O) groups is 2. The van der Waals surface area contributed by atoms with E-state index in [1.54, 1.807) is 6.92 Å². The minimum atomic E-state index is -0.851. The number of carboxylic acids is 1. The lowest BCUT2D eigenvalue weighted by atomic mass is 9.82. The molecule has 0 aromatic rings. The van der Waals surface area contributed by atoms with Crippen molar-refractivity contribution in [2.45, 2.75) is 59.4 Å². The Bertz CT molecular complexity index is 376. The predicted octanol–water partition coefficient (Wildman–Crippen LogP) is 1.76. The van der Waals surface area contributed by atoms with Crippen LogP contribution in [0, 0.1) is 16.7 Å². The van der Waals surface area contributed by atoms with Gasteiger partial charge in [-0.15, -0.1) is 0 Å². The highest BCUT2D eigenvalue weighted by molar-refractivity contribution is 5.82. The van der Waals surface area contributed by atoms with Crippen LogP contribution in [0.1, 0.15) is 53.4 Å². The fourth-order valence-electron chi connectivity index (χ4n) is 2.97.